The number of hydrogen-bond acceptors (Lipinski definition) is 3. The molecule has 2 heterocycles. The molecule has 140 valence electrons. The molecule has 0 bridgehead atoms. The van der Waals surface area contributed by atoms with Crippen molar-refractivity contribution in [2.75, 3.05) is 0 Å². The van der Waals surface area contributed by atoms with E-state index in [1.807, 2.05) is 86.9 Å². The zero-order valence-electron chi connectivity index (χ0n) is 16.4. The predicted molar refractivity (Wildman–Crippen MR) is 116 cm³/mol. The van der Waals surface area contributed by atoms with Gasteiger partial charge < -0.3 is 0 Å². The Morgan fingerprint density at radius 1 is 0.786 bits per heavy atom. The molecule has 0 N–H and O–H groups in total. The first-order valence-corrected chi connectivity index (χ1v) is 9.59. The summed E-state index contributed by atoms with van der Waals surface area (Å²) in [6, 6.07) is 17.7. The van der Waals surface area contributed by atoms with Gasteiger partial charge in [-0.1, -0.05) is 36.4 Å². The quantitative estimate of drug-likeness (QED) is 0.447. The van der Waals surface area contributed by atoms with Crippen molar-refractivity contribution in [1.82, 2.24) is 14.1 Å². The minimum absolute atomic E-state index is 0.135. The SMILES string of the molecule is Cc1cc(C)c2c(=O)n(-c3ccccc3C)c(=S)n(-c3ccccc3C)c2n1. The van der Waals surface area contributed by atoms with Gasteiger partial charge in [-0.15, -0.1) is 0 Å². The fourth-order valence-electron chi connectivity index (χ4n) is 3.69. The van der Waals surface area contributed by atoms with Crippen LogP contribution in [0.15, 0.2) is 59.4 Å². The monoisotopic (exact) mass is 387 g/mol. The van der Waals surface area contributed by atoms with Crippen LogP contribution in [0.5, 0.6) is 0 Å². The summed E-state index contributed by atoms with van der Waals surface area (Å²) < 4.78 is 3.97. The van der Waals surface area contributed by atoms with E-state index in [4.69, 9.17) is 17.2 Å². The molecule has 0 fully saturated rings. The van der Waals surface area contributed by atoms with Gasteiger partial charge in [-0.3, -0.25) is 13.9 Å². The van der Waals surface area contributed by atoms with Crippen molar-refractivity contribution in [1.29, 1.82) is 0 Å². The molecular weight excluding hydrogens is 366 g/mol. The van der Waals surface area contributed by atoms with Gasteiger partial charge in [-0.2, -0.15) is 0 Å². The lowest BCUT2D eigenvalue weighted by atomic mass is 10.1. The van der Waals surface area contributed by atoms with E-state index in [1.165, 1.54) is 0 Å². The van der Waals surface area contributed by atoms with Crippen LogP contribution in [0.25, 0.3) is 22.4 Å². The predicted octanol–water partition coefficient (Wildman–Crippen LogP) is 5.14. The molecule has 0 unspecified atom stereocenters. The summed E-state index contributed by atoms with van der Waals surface area (Å²) >= 11 is 5.86. The fourth-order valence-corrected chi connectivity index (χ4v) is 4.06. The summed E-state index contributed by atoms with van der Waals surface area (Å²) in [6.45, 7) is 7.91. The molecular formula is C23H21N3OS. The van der Waals surface area contributed by atoms with Crippen molar-refractivity contribution in [3.05, 3.63) is 92.1 Å². The van der Waals surface area contributed by atoms with Crippen LogP contribution in [0.3, 0.4) is 0 Å². The Labute approximate surface area is 168 Å². The molecule has 0 aliphatic rings. The zero-order valence-corrected chi connectivity index (χ0v) is 17.2. The first-order valence-electron chi connectivity index (χ1n) is 9.18. The van der Waals surface area contributed by atoms with E-state index in [-0.39, 0.29) is 5.56 Å². The van der Waals surface area contributed by atoms with Gasteiger partial charge in [-0.25, -0.2) is 4.98 Å². The molecule has 0 atom stereocenters. The molecule has 4 nitrogen and oxygen atoms in total. The van der Waals surface area contributed by atoms with Crippen LogP contribution in [-0.2, 0) is 0 Å². The summed E-state index contributed by atoms with van der Waals surface area (Å²) in [6.07, 6.45) is 0. The van der Waals surface area contributed by atoms with Crippen LogP contribution in [0.1, 0.15) is 22.4 Å². The topological polar surface area (TPSA) is 39.8 Å². The molecule has 5 heteroatoms. The van der Waals surface area contributed by atoms with Gasteiger partial charge in [0.15, 0.2) is 10.4 Å². The lowest BCUT2D eigenvalue weighted by molar-refractivity contribution is 0.853. The molecule has 0 saturated heterocycles. The highest BCUT2D eigenvalue weighted by molar-refractivity contribution is 7.71. The van der Waals surface area contributed by atoms with Gasteiger partial charge in [0.1, 0.15) is 0 Å². The molecule has 2 aromatic carbocycles. The number of aryl methyl sites for hydroxylation is 4. The highest BCUT2D eigenvalue weighted by Crippen LogP contribution is 2.23. The van der Waals surface area contributed by atoms with Crippen LogP contribution in [0.2, 0.25) is 0 Å². The van der Waals surface area contributed by atoms with Gasteiger partial charge in [-0.05, 0) is 74.8 Å². The van der Waals surface area contributed by atoms with Gasteiger partial charge >= 0.3 is 0 Å². The number of hydrogen-bond donors (Lipinski definition) is 0. The summed E-state index contributed by atoms with van der Waals surface area (Å²) in [5.74, 6) is 0. The third-order valence-electron chi connectivity index (χ3n) is 5.05. The first-order chi connectivity index (χ1) is 13.4. The highest BCUT2D eigenvalue weighted by Gasteiger charge is 2.18. The van der Waals surface area contributed by atoms with Gasteiger partial charge in [0.2, 0.25) is 0 Å². The van der Waals surface area contributed by atoms with E-state index in [9.17, 15) is 4.79 Å². The third-order valence-corrected chi connectivity index (χ3v) is 5.41. The Hall–Kier alpha value is -3.05. The zero-order chi connectivity index (χ0) is 20.0. The smallest absolute Gasteiger partial charge is 0.268 e. The Morgan fingerprint density at radius 2 is 1.32 bits per heavy atom. The van der Waals surface area contributed by atoms with Crippen molar-refractivity contribution >= 4 is 23.3 Å². The molecule has 4 aromatic rings. The number of pyridine rings is 1. The third kappa shape index (κ3) is 2.79. The Kier molecular flexibility index (Phi) is 4.47. The largest absolute Gasteiger partial charge is 0.270 e. The highest BCUT2D eigenvalue weighted by atomic mass is 32.1. The second-order valence-corrected chi connectivity index (χ2v) is 7.48. The molecule has 0 aliphatic heterocycles. The Balaban J connectivity index is 2.30. The van der Waals surface area contributed by atoms with E-state index in [0.717, 1.165) is 33.8 Å². The maximum absolute atomic E-state index is 13.5. The minimum atomic E-state index is -0.135. The minimum Gasteiger partial charge on any atom is -0.270 e. The van der Waals surface area contributed by atoms with Gasteiger partial charge in [0.25, 0.3) is 5.56 Å². The number of para-hydroxylation sites is 2. The first kappa shape index (κ1) is 18.3. The van der Waals surface area contributed by atoms with Crippen molar-refractivity contribution in [3.8, 4) is 11.4 Å². The summed E-state index contributed by atoms with van der Waals surface area (Å²) in [5.41, 5.74) is 6.00. The number of benzene rings is 2. The van der Waals surface area contributed by atoms with Crippen molar-refractivity contribution < 1.29 is 0 Å². The average Bonchev–Trinajstić information content (AvgIpc) is 2.64. The van der Waals surface area contributed by atoms with Crippen molar-refractivity contribution in [3.63, 3.8) is 0 Å². The van der Waals surface area contributed by atoms with E-state index < -0.39 is 0 Å². The van der Waals surface area contributed by atoms with Crippen LogP contribution in [0.4, 0.5) is 0 Å². The summed E-state index contributed by atoms with van der Waals surface area (Å²) in [5, 5.41) is 0.589. The molecule has 2 aromatic heterocycles. The van der Waals surface area contributed by atoms with E-state index in [2.05, 4.69) is 0 Å². The molecule has 4 rings (SSSR count). The van der Waals surface area contributed by atoms with Gasteiger partial charge in [0.05, 0.1) is 16.8 Å². The van der Waals surface area contributed by atoms with Crippen molar-refractivity contribution in [2.45, 2.75) is 27.7 Å². The number of aromatic nitrogens is 3. The van der Waals surface area contributed by atoms with Crippen LogP contribution >= 0.6 is 12.2 Å². The second kappa shape index (κ2) is 6.84. The fraction of sp³-hybridized carbons (Fsp3) is 0.174. The van der Waals surface area contributed by atoms with E-state index in [0.29, 0.717) is 15.8 Å². The standard InChI is InChI=1S/C23H21N3OS/c1-14-9-5-7-11-18(14)25-21-20(16(3)13-17(4)24-21)22(27)26(23(25)28)19-12-8-6-10-15(19)2/h5-13H,1-4H3. The maximum Gasteiger partial charge on any atom is 0.268 e. The van der Waals surface area contributed by atoms with Crippen molar-refractivity contribution in [2.24, 2.45) is 0 Å². The molecule has 0 amide bonds. The Bertz CT molecular complexity index is 1350. The van der Waals surface area contributed by atoms with Crippen LogP contribution in [-0.4, -0.2) is 14.1 Å². The average molecular weight is 388 g/mol. The molecule has 0 saturated carbocycles. The number of nitrogens with zero attached hydrogens (tertiary/aromatic N) is 3. The lowest BCUT2D eigenvalue weighted by Crippen LogP contribution is -2.26. The number of fused-ring (bicyclic) bond motifs is 1. The number of rotatable bonds is 2. The molecule has 0 spiro atoms. The van der Waals surface area contributed by atoms with Gasteiger partial charge in [0, 0.05) is 5.69 Å². The molecule has 0 aliphatic carbocycles. The second-order valence-electron chi connectivity index (χ2n) is 7.11. The Morgan fingerprint density at radius 3 is 1.89 bits per heavy atom. The lowest BCUT2D eigenvalue weighted by Gasteiger charge is -2.19. The summed E-state index contributed by atoms with van der Waals surface area (Å²) in [7, 11) is 0. The molecule has 28 heavy (non-hydrogen) atoms. The maximum atomic E-state index is 13.5. The summed E-state index contributed by atoms with van der Waals surface area (Å²) in [4.78, 5) is 18.3. The van der Waals surface area contributed by atoms with Crippen LogP contribution < -0.4 is 5.56 Å². The van der Waals surface area contributed by atoms with Crippen LogP contribution in [0, 0.1) is 32.5 Å². The van der Waals surface area contributed by atoms with E-state index in [1.54, 1.807) is 4.57 Å². The van der Waals surface area contributed by atoms with E-state index >= 15 is 0 Å². The normalized spacial score (nSPS) is 11.1. The molecule has 0 radical (unpaired) electrons.